The number of aliphatic hydroxyl groups is 1. The summed E-state index contributed by atoms with van der Waals surface area (Å²) in [7, 11) is 0. The number of nitrogens with one attached hydrogen (secondary N) is 9. The van der Waals surface area contributed by atoms with Gasteiger partial charge in [-0.1, -0.05) is 47.5 Å². The molecule has 0 aromatic heterocycles. The first-order valence-corrected chi connectivity index (χ1v) is 31.0. The smallest absolute Gasteiger partial charge is 0.248 e. The fourth-order valence-electron chi connectivity index (χ4n) is 11.4. The highest BCUT2D eigenvalue weighted by Crippen LogP contribution is 2.48. The van der Waals surface area contributed by atoms with Crippen molar-refractivity contribution < 1.29 is 83.5 Å². The van der Waals surface area contributed by atoms with Crippen LogP contribution in [0.15, 0.2) is 115 Å². The number of halogens is 2. The summed E-state index contributed by atoms with van der Waals surface area (Å²) in [6.07, 6.45) is -1.25. The Hall–Kier alpha value is -10.6. The normalized spacial score (nSPS) is 20.8. The lowest BCUT2D eigenvalue weighted by molar-refractivity contribution is -0.137. The fraction of sp³-hybridized carbons (Fsp3) is 0.258. The number of benzene rings is 7. The van der Waals surface area contributed by atoms with E-state index >= 15 is 19.2 Å². The number of hydrogen-bond donors (Lipinski definition) is 18. The summed E-state index contributed by atoms with van der Waals surface area (Å²) in [5.41, 5.74) is 10.6. The summed E-state index contributed by atoms with van der Waals surface area (Å²) in [4.78, 5) is 106. The van der Waals surface area contributed by atoms with Crippen LogP contribution in [0.5, 0.6) is 69.0 Å². The van der Waals surface area contributed by atoms with Crippen LogP contribution >= 0.6 is 23.2 Å². The van der Waals surface area contributed by atoms with Gasteiger partial charge in [0, 0.05) is 49.3 Å². The van der Waals surface area contributed by atoms with Crippen molar-refractivity contribution in [2.24, 2.45) is 11.5 Å². The molecule has 0 fully saturated rings. The molecule has 20 N–H and O–H groups in total. The van der Waals surface area contributed by atoms with Gasteiger partial charge in [0.2, 0.25) is 47.1 Å². The van der Waals surface area contributed by atoms with Gasteiger partial charge in [-0.2, -0.15) is 0 Å². The third-order valence-electron chi connectivity index (χ3n) is 16.3. The summed E-state index contributed by atoms with van der Waals surface area (Å²) >= 11 is 13.8. The Morgan fingerprint density at radius 3 is 1.79 bits per heavy atom. The van der Waals surface area contributed by atoms with Crippen LogP contribution in [0.1, 0.15) is 88.1 Å². The van der Waals surface area contributed by atoms with E-state index in [2.05, 4.69) is 47.9 Å². The molecule has 0 aliphatic carbocycles. The number of phenols is 6. The van der Waals surface area contributed by atoms with E-state index in [1.807, 2.05) is 0 Å². The number of carbonyl (C=O) groups excluding carboxylic acids is 7. The number of ether oxygens (including phenoxy) is 3. The van der Waals surface area contributed by atoms with Crippen molar-refractivity contribution in [2.75, 3.05) is 39.3 Å². The second-order valence-electron chi connectivity index (χ2n) is 23.0. The standard InChI is InChI=1S/C66H65Cl2N11O17/c67-40-17-29-3-9-46(40)95-49-24-34-25-50(59(49)86)96-47-10-6-32(22-41(47)68)58(85)57-66(93)78-56(62(89)73-14-2-13-72-16-15-71-12-1-11-69)39-27-36(81)28-45(84)51(39)38-21-31(5-7-43(38)82)53(63(90)79-57)76-65(92)55(34)77-64(91)54-33-19-35(80)26-37(20-33)94-48-23-30(4-8-44(48)83)52(70)61(88)74-42(18-29)60(87)75-54/h3-10,17,19-28,42,52-58,71-72,80-86H,1-2,11-16,18,69-70H2,(H,73,89)(H,74,88)(H,75,87)(H,76,92)(H,77,91)(H,78,93)(H,79,90)/t42-,52-,53-,54+,55-,56+,57+,58-/m1/s1. The largest absolute Gasteiger partial charge is 0.508 e. The average Bonchev–Trinajstić information content (AvgIpc) is 0.774. The molecule has 6 aliphatic rings. The molecular weight excluding hydrogens is 1290 g/mol. The minimum atomic E-state index is -2.16. The average molecular weight is 1360 g/mol. The predicted molar refractivity (Wildman–Crippen MR) is 344 cm³/mol. The van der Waals surface area contributed by atoms with E-state index in [0.29, 0.717) is 38.2 Å². The van der Waals surface area contributed by atoms with Gasteiger partial charge in [0.1, 0.15) is 88.6 Å². The molecule has 0 saturated heterocycles. The Balaban J connectivity index is 1.07. The van der Waals surface area contributed by atoms with Gasteiger partial charge < -0.3 is 109 Å². The minimum absolute atomic E-state index is 0.0221. The number of carbonyl (C=O) groups is 7. The lowest BCUT2D eigenvalue weighted by Crippen LogP contribution is -2.56. The molecule has 0 saturated carbocycles. The highest BCUT2D eigenvalue weighted by molar-refractivity contribution is 6.32. The lowest BCUT2D eigenvalue weighted by Gasteiger charge is -2.31. The molecule has 8 atom stereocenters. The van der Waals surface area contributed by atoms with E-state index < -0.39 is 136 Å². The number of phenolic OH excluding ortho intramolecular Hbond substituents is 6. The zero-order valence-corrected chi connectivity index (χ0v) is 52.1. The highest BCUT2D eigenvalue weighted by Gasteiger charge is 2.41. The zero-order chi connectivity index (χ0) is 68.2. The van der Waals surface area contributed by atoms with Crippen molar-refractivity contribution in [3.05, 3.63) is 164 Å². The second kappa shape index (κ2) is 28.6. The van der Waals surface area contributed by atoms with E-state index in [1.54, 1.807) is 0 Å². The summed E-state index contributed by atoms with van der Waals surface area (Å²) in [5, 5.41) is 106. The summed E-state index contributed by atoms with van der Waals surface area (Å²) in [5.74, 6) is -13.5. The van der Waals surface area contributed by atoms with Gasteiger partial charge in [-0.15, -0.1) is 0 Å². The fourth-order valence-corrected chi connectivity index (χ4v) is 11.9. The molecule has 96 heavy (non-hydrogen) atoms. The maximum Gasteiger partial charge on any atom is 0.248 e. The van der Waals surface area contributed by atoms with Gasteiger partial charge in [0.05, 0.1) is 10.0 Å². The molecule has 6 heterocycles. The van der Waals surface area contributed by atoms with Crippen LogP contribution in [-0.2, 0) is 40.0 Å². The van der Waals surface area contributed by atoms with E-state index in [0.717, 1.165) is 61.5 Å². The maximum absolute atomic E-state index is 15.9. The Morgan fingerprint density at radius 2 is 1.10 bits per heavy atom. The number of amides is 7. The van der Waals surface area contributed by atoms with E-state index in [1.165, 1.54) is 66.7 Å². The molecule has 6 aliphatic heterocycles. The molecule has 7 aromatic rings. The summed E-state index contributed by atoms with van der Waals surface area (Å²) in [6, 6.07) is 9.33. The first-order chi connectivity index (χ1) is 46.0. The molecule has 7 amide bonds. The predicted octanol–water partition coefficient (Wildman–Crippen LogP) is 3.93. The monoisotopic (exact) mass is 1350 g/mol. The van der Waals surface area contributed by atoms with Crippen LogP contribution in [0.3, 0.4) is 0 Å². The van der Waals surface area contributed by atoms with E-state index in [-0.39, 0.29) is 90.5 Å². The Morgan fingerprint density at radius 1 is 0.510 bits per heavy atom. The van der Waals surface area contributed by atoms with Crippen LogP contribution in [0.4, 0.5) is 0 Å². The number of aromatic hydroxyl groups is 6. The van der Waals surface area contributed by atoms with Crippen molar-refractivity contribution in [1.29, 1.82) is 0 Å². The first-order valence-electron chi connectivity index (χ1n) is 30.2. The maximum atomic E-state index is 15.9. The number of rotatable bonds is 11. The number of nitrogens with two attached hydrogens (primary N) is 2. The van der Waals surface area contributed by atoms with Crippen molar-refractivity contribution in [1.82, 2.24) is 47.9 Å². The van der Waals surface area contributed by atoms with Crippen molar-refractivity contribution in [3.63, 3.8) is 0 Å². The number of aliphatic hydroxyl groups excluding tert-OH is 1. The van der Waals surface area contributed by atoms with Crippen molar-refractivity contribution in [2.45, 2.75) is 67.7 Å². The molecule has 30 heteroatoms. The van der Waals surface area contributed by atoms with Crippen LogP contribution < -0.4 is 73.5 Å². The Kier molecular flexibility index (Phi) is 19.9. The molecule has 13 rings (SSSR count). The third kappa shape index (κ3) is 14.5. The van der Waals surface area contributed by atoms with Crippen LogP contribution in [0, 0.1) is 0 Å². The summed E-state index contributed by atoms with van der Waals surface area (Å²) in [6.45, 7) is 2.98. The number of hydrogen-bond acceptors (Lipinski definition) is 21. The Bertz CT molecular complexity index is 4260. The van der Waals surface area contributed by atoms with Crippen molar-refractivity contribution >= 4 is 64.6 Å². The minimum Gasteiger partial charge on any atom is -0.508 e. The first kappa shape index (κ1) is 66.9. The molecule has 0 spiro atoms. The number of fused-ring (bicyclic) bond motifs is 14. The molecule has 500 valence electrons. The molecule has 7 aromatic carbocycles. The Labute approximate surface area is 556 Å². The van der Waals surface area contributed by atoms with Crippen LogP contribution in [0.25, 0.3) is 11.1 Å². The van der Waals surface area contributed by atoms with Gasteiger partial charge in [0.25, 0.3) is 0 Å². The summed E-state index contributed by atoms with van der Waals surface area (Å²) < 4.78 is 18.6. The van der Waals surface area contributed by atoms with E-state index in [9.17, 15) is 50.1 Å². The molecular formula is C66H65Cl2N11O17. The van der Waals surface area contributed by atoms with Crippen LogP contribution in [-0.4, -0.2) is 128 Å². The van der Waals surface area contributed by atoms with E-state index in [4.69, 9.17) is 48.9 Å². The van der Waals surface area contributed by atoms with Gasteiger partial charge in [-0.25, -0.2) is 0 Å². The van der Waals surface area contributed by atoms with Crippen molar-refractivity contribution in [3.8, 4) is 80.1 Å². The highest BCUT2D eigenvalue weighted by atomic mass is 35.5. The molecule has 0 radical (unpaired) electrons. The van der Waals surface area contributed by atoms with Gasteiger partial charge in [-0.05, 0) is 150 Å². The zero-order valence-electron chi connectivity index (χ0n) is 50.6. The second-order valence-corrected chi connectivity index (χ2v) is 23.9. The quantitative estimate of drug-likeness (QED) is 0.0816. The topological polar surface area (TPSA) is 449 Å². The molecule has 17 bridgehead atoms. The van der Waals surface area contributed by atoms with Gasteiger partial charge in [0.15, 0.2) is 23.0 Å². The SMILES string of the molecule is NCCCNCCNCCCNC(=O)[C@H]1NC(=O)[C@H]2NC(=O)[C@H](NC(=O)[C@@H]3NC(=O)[C@H]4NC(=O)[C@@H](Cc5ccc(c(Cl)c5)Oc5cc3cc(c5O)Oc3ccc(cc3Cl)[C@H]2O)NC(=O)[C@H](N)c2ccc(O)c(c2)Oc2cc(O)cc4c2)c2ccc(O)c(c2)-c2c(O)cc(O)cc21. The third-order valence-corrected chi connectivity index (χ3v) is 16.9. The van der Waals surface area contributed by atoms with Crippen LogP contribution in [0.2, 0.25) is 10.0 Å². The molecule has 0 unspecified atom stereocenters. The van der Waals surface area contributed by atoms with Gasteiger partial charge >= 0.3 is 0 Å². The molecule has 28 nitrogen and oxygen atoms in total. The lowest BCUT2D eigenvalue weighted by atomic mass is 9.89. The van der Waals surface area contributed by atoms with Gasteiger partial charge in [-0.3, -0.25) is 33.6 Å².